The highest BCUT2D eigenvalue weighted by Crippen LogP contribution is 2.31. The molecule has 0 spiro atoms. The smallest absolute Gasteiger partial charge is 0.224 e. The summed E-state index contributed by atoms with van der Waals surface area (Å²) in [6.45, 7) is 9.91. The Labute approximate surface area is 213 Å². The second kappa shape index (κ2) is 13.1. The number of rotatable bonds is 14. The molecular formula is C29H40N2O3S. The van der Waals surface area contributed by atoms with Crippen molar-refractivity contribution in [3.8, 4) is 0 Å². The Morgan fingerprint density at radius 2 is 1.94 bits per heavy atom. The van der Waals surface area contributed by atoms with Gasteiger partial charge in [-0.1, -0.05) is 46.3 Å². The molecule has 5 nitrogen and oxygen atoms in total. The molecule has 0 unspecified atom stereocenters. The normalized spacial score (nSPS) is 15.9. The van der Waals surface area contributed by atoms with Crippen LogP contribution in [-0.2, 0) is 20.8 Å². The van der Waals surface area contributed by atoms with Crippen LogP contribution in [-0.4, -0.2) is 28.5 Å². The minimum atomic E-state index is -0.446. The van der Waals surface area contributed by atoms with E-state index < -0.39 is 5.92 Å². The summed E-state index contributed by atoms with van der Waals surface area (Å²) in [5, 5.41) is 4.16. The van der Waals surface area contributed by atoms with Gasteiger partial charge in [0.05, 0.1) is 21.1 Å². The maximum absolute atomic E-state index is 13.5. The summed E-state index contributed by atoms with van der Waals surface area (Å²) in [5.74, 6) is 0.427. The van der Waals surface area contributed by atoms with Crippen molar-refractivity contribution < 1.29 is 14.4 Å². The van der Waals surface area contributed by atoms with Crippen LogP contribution in [0.3, 0.4) is 0 Å². The zero-order valence-electron chi connectivity index (χ0n) is 21.5. The fourth-order valence-corrected chi connectivity index (χ4v) is 6.14. The van der Waals surface area contributed by atoms with Crippen LogP contribution in [0.5, 0.6) is 0 Å². The molecule has 1 amide bonds. The number of allylic oxidation sites excluding steroid dienone is 1. The lowest BCUT2D eigenvalue weighted by molar-refractivity contribution is -0.130. The third-order valence-corrected chi connectivity index (χ3v) is 8.18. The van der Waals surface area contributed by atoms with Gasteiger partial charge in [0, 0.05) is 31.7 Å². The van der Waals surface area contributed by atoms with Gasteiger partial charge in [0.2, 0.25) is 5.91 Å². The van der Waals surface area contributed by atoms with Crippen LogP contribution < -0.4 is 5.32 Å². The number of hydrogen-bond donors (Lipinski definition) is 1. The quantitative estimate of drug-likeness (QED) is 0.301. The number of nitrogens with one attached hydrogen (secondary N) is 1. The second-order valence-corrected chi connectivity index (χ2v) is 11.4. The predicted molar refractivity (Wildman–Crippen MR) is 144 cm³/mol. The summed E-state index contributed by atoms with van der Waals surface area (Å²) < 4.78 is 1.12. The van der Waals surface area contributed by atoms with E-state index in [2.05, 4.69) is 43.9 Å². The summed E-state index contributed by atoms with van der Waals surface area (Å²) in [7, 11) is 0. The first-order chi connectivity index (χ1) is 16.8. The summed E-state index contributed by atoms with van der Waals surface area (Å²) >= 11 is 1.62. The lowest BCUT2D eigenvalue weighted by atomic mass is 9.91. The van der Waals surface area contributed by atoms with Crippen molar-refractivity contribution in [1.82, 2.24) is 10.3 Å². The van der Waals surface area contributed by atoms with Gasteiger partial charge in [0.1, 0.15) is 5.78 Å². The van der Waals surface area contributed by atoms with E-state index in [1.54, 1.807) is 11.3 Å². The number of benzene rings is 1. The molecule has 0 bridgehead atoms. The SMILES string of the molecule is C=CC(=O)CC[C@@H](NC(=O)[C@@H](CC(=O)CCC)Cc1nc2ccc(C(C)C)cc2s1)C1CCCC1. The first-order valence-electron chi connectivity index (χ1n) is 13.2. The van der Waals surface area contributed by atoms with E-state index >= 15 is 0 Å². The topological polar surface area (TPSA) is 76.1 Å². The fraction of sp³-hybridized carbons (Fsp3) is 0.586. The average Bonchev–Trinajstić information content (AvgIpc) is 3.50. The Balaban J connectivity index is 1.78. The summed E-state index contributed by atoms with van der Waals surface area (Å²) in [5.41, 5.74) is 2.22. The number of amides is 1. The number of Topliss-reactive ketones (excluding diaryl/α,β-unsaturated/α-hetero) is 1. The van der Waals surface area contributed by atoms with Gasteiger partial charge in [-0.2, -0.15) is 0 Å². The van der Waals surface area contributed by atoms with Crippen LogP contribution >= 0.6 is 11.3 Å². The summed E-state index contributed by atoms with van der Waals surface area (Å²) in [6.07, 6.45) is 8.79. The Bertz CT molecular complexity index is 1040. The third-order valence-electron chi connectivity index (χ3n) is 7.14. The molecule has 1 N–H and O–H groups in total. The van der Waals surface area contributed by atoms with Crippen LogP contribution in [0.25, 0.3) is 10.2 Å². The van der Waals surface area contributed by atoms with E-state index in [1.807, 2.05) is 6.92 Å². The molecule has 2 aromatic rings. The molecule has 1 aromatic heterocycles. The largest absolute Gasteiger partial charge is 0.353 e. The van der Waals surface area contributed by atoms with Gasteiger partial charge in [-0.15, -0.1) is 11.3 Å². The van der Waals surface area contributed by atoms with E-state index in [1.165, 1.54) is 11.6 Å². The zero-order chi connectivity index (χ0) is 25.4. The predicted octanol–water partition coefficient (Wildman–Crippen LogP) is 6.55. The van der Waals surface area contributed by atoms with Crippen LogP contribution in [0.1, 0.15) is 95.0 Å². The maximum Gasteiger partial charge on any atom is 0.224 e. The molecule has 190 valence electrons. The highest BCUT2D eigenvalue weighted by molar-refractivity contribution is 7.18. The van der Waals surface area contributed by atoms with E-state index in [-0.39, 0.29) is 29.9 Å². The van der Waals surface area contributed by atoms with Crippen molar-refractivity contribution in [3.05, 3.63) is 41.4 Å². The number of ketones is 2. The lowest BCUT2D eigenvalue weighted by Gasteiger charge is -2.27. The number of carbonyl (C=O) groups excluding carboxylic acids is 3. The number of carbonyl (C=O) groups is 3. The number of thiazole rings is 1. The molecule has 1 aromatic carbocycles. The molecule has 1 heterocycles. The van der Waals surface area contributed by atoms with Gasteiger partial charge in [-0.25, -0.2) is 4.98 Å². The molecule has 0 saturated heterocycles. The van der Waals surface area contributed by atoms with Crippen molar-refractivity contribution in [2.24, 2.45) is 11.8 Å². The minimum absolute atomic E-state index is 0.00663. The zero-order valence-corrected chi connectivity index (χ0v) is 22.3. The third kappa shape index (κ3) is 7.83. The summed E-state index contributed by atoms with van der Waals surface area (Å²) in [4.78, 5) is 42.8. The van der Waals surface area contributed by atoms with Crippen LogP contribution in [0.2, 0.25) is 0 Å². The highest BCUT2D eigenvalue weighted by Gasteiger charge is 2.30. The summed E-state index contributed by atoms with van der Waals surface area (Å²) in [6, 6.07) is 6.31. The van der Waals surface area contributed by atoms with Crippen molar-refractivity contribution in [3.63, 3.8) is 0 Å². The van der Waals surface area contributed by atoms with E-state index in [0.29, 0.717) is 37.5 Å². The molecule has 1 fully saturated rings. The van der Waals surface area contributed by atoms with Gasteiger partial charge in [-0.05, 0) is 61.3 Å². The van der Waals surface area contributed by atoms with Crippen molar-refractivity contribution in [1.29, 1.82) is 0 Å². The Hall–Kier alpha value is -2.34. The maximum atomic E-state index is 13.5. The average molecular weight is 497 g/mol. The van der Waals surface area contributed by atoms with Crippen LogP contribution in [0.15, 0.2) is 30.9 Å². The highest BCUT2D eigenvalue weighted by atomic mass is 32.1. The number of hydrogen-bond acceptors (Lipinski definition) is 5. The van der Waals surface area contributed by atoms with Gasteiger partial charge >= 0.3 is 0 Å². The molecule has 35 heavy (non-hydrogen) atoms. The molecule has 6 heteroatoms. The number of aromatic nitrogens is 1. The standard InChI is InChI=1S/C29H40N2O3S/c1-5-9-24(33)16-22(18-28-30-26-14-12-21(19(3)4)17-27(26)35-28)29(34)31-25(15-13-23(32)6-2)20-10-7-8-11-20/h6,12,14,17,19-20,22,25H,2,5,7-11,13,15-16,18H2,1,3-4H3,(H,31,34)/t22-,25+/m0/s1. The molecule has 1 aliphatic carbocycles. The Morgan fingerprint density at radius 3 is 2.60 bits per heavy atom. The molecule has 0 aliphatic heterocycles. The second-order valence-electron chi connectivity index (χ2n) is 10.3. The van der Waals surface area contributed by atoms with Gasteiger partial charge in [0.15, 0.2) is 5.78 Å². The molecule has 1 saturated carbocycles. The van der Waals surface area contributed by atoms with Gasteiger partial charge < -0.3 is 5.32 Å². The Kier molecular flexibility index (Phi) is 10.2. The number of nitrogens with zero attached hydrogens (tertiary/aromatic N) is 1. The van der Waals surface area contributed by atoms with Crippen molar-refractivity contribution >= 4 is 39.0 Å². The van der Waals surface area contributed by atoms with E-state index in [9.17, 15) is 14.4 Å². The molecule has 0 radical (unpaired) electrons. The number of fused-ring (bicyclic) bond motifs is 1. The molecule has 3 rings (SSSR count). The molecule has 2 atom stereocenters. The fourth-order valence-electron chi connectivity index (χ4n) is 5.05. The van der Waals surface area contributed by atoms with Gasteiger partial charge in [-0.3, -0.25) is 14.4 Å². The first kappa shape index (κ1) is 27.3. The van der Waals surface area contributed by atoms with Crippen molar-refractivity contribution in [2.45, 2.75) is 96.9 Å². The minimum Gasteiger partial charge on any atom is -0.353 e. The Morgan fingerprint density at radius 1 is 1.20 bits per heavy atom. The van der Waals surface area contributed by atoms with Crippen molar-refractivity contribution in [2.75, 3.05) is 0 Å². The van der Waals surface area contributed by atoms with Crippen LogP contribution in [0, 0.1) is 11.8 Å². The van der Waals surface area contributed by atoms with E-state index in [4.69, 9.17) is 4.98 Å². The molecular weight excluding hydrogens is 456 g/mol. The molecule has 1 aliphatic rings. The monoisotopic (exact) mass is 496 g/mol. The van der Waals surface area contributed by atoms with Crippen LogP contribution in [0.4, 0.5) is 0 Å². The van der Waals surface area contributed by atoms with Gasteiger partial charge in [0.25, 0.3) is 0 Å². The van der Waals surface area contributed by atoms with E-state index in [0.717, 1.165) is 47.3 Å². The lowest BCUT2D eigenvalue weighted by Crippen LogP contribution is -2.44. The first-order valence-corrected chi connectivity index (χ1v) is 14.0.